The molecule has 0 bridgehead atoms. The van der Waals surface area contributed by atoms with E-state index in [9.17, 15) is 8.42 Å². The van der Waals surface area contributed by atoms with Crippen LogP contribution < -0.4 is 10.5 Å². The van der Waals surface area contributed by atoms with Crippen LogP contribution in [0.4, 0.5) is 5.69 Å². The molecular weight excluding hydrogens is 276 g/mol. The fourth-order valence-corrected chi connectivity index (χ4v) is 2.99. The highest BCUT2D eigenvalue weighted by Gasteiger charge is 2.22. The molecule has 0 amide bonds. The molecule has 2 atom stereocenters. The lowest BCUT2D eigenvalue weighted by Gasteiger charge is -2.19. The molecule has 0 heterocycles. The van der Waals surface area contributed by atoms with Crippen molar-refractivity contribution in [1.29, 1.82) is 0 Å². The third-order valence-electron chi connectivity index (χ3n) is 2.74. The quantitative estimate of drug-likeness (QED) is 0.712. The maximum Gasteiger partial charge on any atom is 0.242 e. The van der Waals surface area contributed by atoms with Gasteiger partial charge in [0.15, 0.2) is 0 Å². The Kier molecular flexibility index (Phi) is 4.98. The lowest BCUT2D eigenvalue weighted by molar-refractivity contribution is 0.216. The summed E-state index contributed by atoms with van der Waals surface area (Å²) in [5, 5.41) is 9.36. The Morgan fingerprint density at radius 2 is 2.06 bits per heavy atom. The Morgan fingerprint density at radius 3 is 2.56 bits per heavy atom. The third kappa shape index (κ3) is 3.58. The number of aliphatic hydroxyl groups excluding tert-OH is 1. The zero-order valence-electron chi connectivity index (χ0n) is 10.2. The Balaban J connectivity index is 3.00. The summed E-state index contributed by atoms with van der Waals surface area (Å²) >= 11 is 5.72. The van der Waals surface area contributed by atoms with Crippen LogP contribution >= 0.6 is 11.6 Å². The van der Waals surface area contributed by atoms with E-state index in [1.54, 1.807) is 13.8 Å². The fourth-order valence-electron chi connectivity index (χ4n) is 1.35. The Labute approximate surface area is 112 Å². The Hall–Kier alpha value is -0.820. The van der Waals surface area contributed by atoms with Crippen LogP contribution in [0.1, 0.15) is 13.8 Å². The summed E-state index contributed by atoms with van der Waals surface area (Å²) in [4.78, 5) is -0.0103. The van der Waals surface area contributed by atoms with Crippen molar-refractivity contribution in [2.24, 2.45) is 5.92 Å². The van der Waals surface area contributed by atoms with Gasteiger partial charge in [-0.05, 0) is 31.0 Å². The standard InChI is InChI=1S/C11H17ClN2O3S/c1-7(6-15)8(2)14-18(16,17)11-4-3-9(12)5-10(11)13/h3-5,7-8,14-15H,6,13H2,1-2H3. The maximum absolute atomic E-state index is 12.1. The molecule has 0 aliphatic rings. The summed E-state index contributed by atoms with van der Waals surface area (Å²) in [5.74, 6) is -0.187. The van der Waals surface area contributed by atoms with E-state index in [2.05, 4.69) is 4.72 Å². The largest absolute Gasteiger partial charge is 0.398 e. The molecule has 4 N–H and O–H groups in total. The number of nitrogens with one attached hydrogen (secondary N) is 1. The molecule has 1 aromatic carbocycles. The Bertz CT molecular complexity index is 519. The van der Waals surface area contributed by atoms with E-state index >= 15 is 0 Å². The van der Waals surface area contributed by atoms with Crippen LogP contribution in [0.3, 0.4) is 0 Å². The predicted octanol–water partition coefficient (Wildman–Crippen LogP) is 1.22. The summed E-state index contributed by atoms with van der Waals surface area (Å²) in [6.45, 7) is 3.34. The van der Waals surface area contributed by atoms with Gasteiger partial charge in [0.25, 0.3) is 0 Å². The molecule has 1 aromatic rings. The van der Waals surface area contributed by atoms with Crippen molar-refractivity contribution in [3.8, 4) is 0 Å². The average Bonchev–Trinajstić information content (AvgIpc) is 2.26. The van der Waals surface area contributed by atoms with Crippen molar-refractivity contribution in [3.63, 3.8) is 0 Å². The smallest absolute Gasteiger partial charge is 0.242 e. The van der Waals surface area contributed by atoms with Gasteiger partial charge in [-0.3, -0.25) is 0 Å². The molecule has 0 saturated carbocycles. The molecule has 0 fully saturated rings. The molecule has 1 rings (SSSR count). The molecule has 0 radical (unpaired) electrons. The first-order chi connectivity index (χ1) is 8.27. The summed E-state index contributed by atoms with van der Waals surface area (Å²) in [6, 6.07) is 3.81. The lowest BCUT2D eigenvalue weighted by atomic mass is 10.1. The van der Waals surface area contributed by atoms with E-state index in [4.69, 9.17) is 22.4 Å². The molecular formula is C11H17ClN2O3S. The van der Waals surface area contributed by atoms with E-state index in [0.29, 0.717) is 5.02 Å². The molecule has 18 heavy (non-hydrogen) atoms. The van der Waals surface area contributed by atoms with E-state index in [1.807, 2.05) is 0 Å². The number of rotatable bonds is 5. The minimum absolute atomic E-state index is 0.0103. The first-order valence-electron chi connectivity index (χ1n) is 5.46. The highest BCUT2D eigenvalue weighted by molar-refractivity contribution is 7.89. The molecule has 0 aliphatic carbocycles. The second-order valence-electron chi connectivity index (χ2n) is 4.25. The maximum atomic E-state index is 12.1. The van der Waals surface area contributed by atoms with Crippen molar-refractivity contribution in [3.05, 3.63) is 23.2 Å². The van der Waals surface area contributed by atoms with Gasteiger partial charge < -0.3 is 10.8 Å². The molecule has 7 heteroatoms. The molecule has 5 nitrogen and oxygen atoms in total. The van der Waals surface area contributed by atoms with Crippen LogP contribution in [-0.4, -0.2) is 26.2 Å². The van der Waals surface area contributed by atoms with E-state index < -0.39 is 16.1 Å². The highest BCUT2D eigenvalue weighted by atomic mass is 35.5. The topological polar surface area (TPSA) is 92.4 Å². The zero-order chi connectivity index (χ0) is 13.9. The van der Waals surface area contributed by atoms with Crippen LogP contribution in [-0.2, 0) is 10.0 Å². The van der Waals surface area contributed by atoms with Gasteiger partial charge in [-0.15, -0.1) is 0 Å². The van der Waals surface area contributed by atoms with Crippen LogP contribution in [0.5, 0.6) is 0 Å². The van der Waals surface area contributed by atoms with E-state index in [1.165, 1.54) is 18.2 Å². The van der Waals surface area contributed by atoms with E-state index in [0.717, 1.165) is 0 Å². The van der Waals surface area contributed by atoms with Crippen molar-refractivity contribution in [1.82, 2.24) is 4.72 Å². The summed E-state index contributed by atoms with van der Waals surface area (Å²) in [5.41, 5.74) is 5.74. The number of benzene rings is 1. The van der Waals surface area contributed by atoms with Crippen molar-refractivity contribution >= 4 is 27.3 Å². The van der Waals surface area contributed by atoms with Gasteiger partial charge in [-0.1, -0.05) is 18.5 Å². The number of nitrogen functional groups attached to an aromatic ring is 1. The zero-order valence-corrected chi connectivity index (χ0v) is 11.8. The molecule has 0 saturated heterocycles. The SMILES string of the molecule is CC(CO)C(C)NS(=O)(=O)c1ccc(Cl)cc1N. The van der Waals surface area contributed by atoms with Crippen molar-refractivity contribution in [2.45, 2.75) is 24.8 Å². The third-order valence-corrected chi connectivity index (χ3v) is 4.61. The predicted molar refractivity (Wildman–Crippen MR) is 71.9 cm³/mol. The lowest BCUT2D eigenvalue weighted by Crippen LogP contribution is -2.38. The first-order valence-corrected chi connectivity index (χ1v) is 7.32. The van der Waals surface area contributed by atoms with Crippen LogP contribution in [0.25, 0.3) is 0 Å². The van der Waals surface area contributed by atoms with Crippen molar-refractivity contribution in [2.75, 3.05) is 12.3 Å². The molecule has 0 aliphatic heterocycles. The van der Waals surface area contributed by atoms with Gasteiger partial charge in [-0.2, -0.15) is 0 Å². The monoisotopic (exact) mass is 292 g/mol. The van der Waals surface area contributed by atoms with Gasteiger partial charge in [0, 0.05) is 17.7 Å². The Morgan fingerprint density at radius 1 is 1.44 bits per heavy atom. The summed E-state index contributed by atoms with van der Waals surface area (Å²) < 4.78 is 26.6. The minimum Gasteiger partial charge on any atom is -0.398 e. The molecule has 0 aromatic heterocycles. The number of aliphatic hydroxyl groups is 1. The van der Waals surface area contributed by atoms with Crippen LogP contribution in [0.15, 0.2) is 23.1 Å². The first kappa shape index (κ1) is 15.2. The number of nitrogens with two attached hydrogens (primary N) is 1. The highest BCUT2D eigenvalue weighted by Crippen LogP contribution is 2.22. The average molecular weight is 293 g/mol. The summed E-state index contributed by atoms with van der Waals surface area (Å²) in [6.07, 6.45) is 0. The normalized spacial score (nSPS) is 15.3. The number of sulfonamides is 1. The van der Waals surface area contributed by atoms with Gasteiger partial charge in [-0.25, -0.2) is 13.1 Å². The van der Waals surface area contributed by atoms with Gasteiger partial charge in [0.1, 0.15) is 4.90 Å². The number of anilines is 1. The van der Waals surface area contributed by atoms with Crippen molar-refractivity contribution < 1.29 is 13.5 Å². The molecule has 0 spiro atoms. The second-order valence-corrected chi connectivity index (χ2v) is 6.37. The fraction of sp³-hybridized carbons (Fsp3) is 0.455. The van der Waals surface area contributed by atoms with Crippen LogP contribution in [0.2, 0.25) is 5.02 Å². The van der Waals surface area contributed by atoms with Gasteiger partial charge in [0.05, 0.1) is 5.69 Å². The number of hydrogen-bond donors (Lipinski definition) is 3. The second kappa shape index (κ2) is 5.88. The van der Waals surface area contributed by atoms with Gasteiger partial charge in [0.2, 0.25) is 10.0 Å². The van der Waals surface area contributed by atoms with E-state index in [-0.39, 0.29) is 23.1 Å². The summed E-state index contributed by atoms with van der Waals surface area (Å²) in [7, 11) is -3.71. The van der Waals surface area contributed by atoms with Gasteiger partial charge >= 0.3 is 0 Å². The van der Waals surface area contributed by atoms with Crippen LogP contribution in [0, 0.1) is 5.92 Å². The molecule has 2 unspecified atom stereocenters. The molecule has 102 valence electrons. The number of halogens is 1. The minimum atomic E-state index is -3.71. The number of hydrogen-bond acceptors (Lipinski definition) is 4.